The van der Waals surface area contributed by atoms with Gasteiger partial charge in [0.05, 0.1) is 41.1 Å². The molecule has 2 amide bonds. The molecular weight excluding hydrogens is 438 g/mol. The summed E-state index contributed by atoms with van der Waals surface area (Å²) in [5, 5.41) is 2.66. The van der Waals surface area contributed by atoms with Gasteiger partial charge in [-0.05, 0) is 37.1 Å². The standard InChI is InChI=1S/C23H19F4N5O/c24-16-10-17(12-28-11-16)29-22(33)32-18-5-2-8-31(13-18)20-7-6-19(30-21(20)32)14-3-1-4-15(9-14)23(25,26)27/h1,3-4,6-7,9-12,18H,2,5,8,13H2,(H,29,33)/t18-/m1/s1. The molecule has 0 radical (unpaired) electrons. The van der Waals surface area contributed by atoms with Gasteiger partial charge in [0.25, 0.3) is 0 Å². The van der Waals surface area contributed by atoms with Crippen molar-refractivity contribution in [3.63, 3.8) is 0 Å². The van der Waals surface area contributed by atoms with Crippen LogP contribution in [0.1, 0.15) is 18.4 Å². The maximum Gasteiger partial charge on any atom is 0.416 e. The topological polar surface area (TPSA) is 61.4 Å². The molecule has 4 heterocycles. The van der Waals surface area contributed by atoms with Gasteiger partial charge in [-0.25, -0.2) is 14.2 Å². The van der Waals surface area contributed by atoms with Gasteiger partial charge >= 0.3 is 12.2 Å². The number of carbonyl (C=O) groups excluding carboxylic acids is 1. The summed E-state index contributed by atoms with van der Waals surface area (Å²) in [7, 11) is 0. The number of hydrogen-bond acceptors (Lipinski definition) is 4. The molecule has 1 aromatic carbocycles. The van der Waals surface area contributed by atoms with E-state index >= 15 is 0 Å². The zero-order chi connectivity index (χ0) is 23.2. The minimum atomic E-state index is -4.47. The number of anilines is 3. The Kier molecular flexibility index (Phi) is 5.15. The van der Waals surface area contributed by atoms with E-state index in [2.05, 4.69) is 20.2 Å². The van der Waals surface area contributed by atoms with E-state index in [1.165, 1.54) is 17.2 Å². The van der Waals surface area contributed by atoms with Crippen molar-refractivity contribution in [1.82, 2.24) is 9.97 Å². The highest BCUT2D eigenvalue weighted by atomic mass is 19.4. The van der Waals surface area contributed by atoms with Crippen molar-refractivity contribution in [3.05, 3.63) is 66.2 Å². The molecule has 2 aliphatic heterocycles. The summed E-state index contributed by atoms with van der Waals surface area (Å²) in [6.07, 6.45) is -0.470. The second-order valence-corrected chi connectivity index (χ2v) is 8.05. The lowest BCUT2D eigenvalue weighted by Gasteiger charge is -2.45. The van der Waals surface area contributed by atoms with Crippen LogP contribution < -0.4 is 15.1 Å². The van der Waals surface area contributed by atoms with E-state index in [0.29, 0.717) is 23.6 Å². The fourth-order valence-corrected chi connectivity index (χ4v) is 4.36. The molecule has 5 rings (SSSR count). The smallest absolute Gasteiger partial charge is 0.366 e. The Hall–Kier alpha value is -3.69. The van der Waals surface area contributed by atoms with Crippen molar-refractivity contribution in [1.29, 1.82) is 0 Å². The van der Waals surface area contributed by atoms with Crippen LogP contribution in [0.4, 0.5) is 39.5 Å². The van der Waals surface area contributed by atoms with Crippen molar-refractivity contribution >= 4 is 23.2 Å². The first-order chi connectivity index (χ1) is 15.8. The molecule has 1 atom stereocenters. The quantitative estimate of drug-likeness (QED) is 0.529. The Balaban J connectivity index is 1.55. The number of fused-ring (bicyclic) bond motifs is 4. The van der Waals surface area contributed by atoms with Crippen LogP contribution >= 0.6 is 0 Å². The van der Waals surface area contributed by atoms with Gasteiger partial charge in [0, 0.05) is 24.7 Å². The van der Waals surface area contributed by atoms with E-state index in [-0.39, 0.29) is 11.7 Å². The van der Waals surface area contributed by atoms with Crippen molar-refractivity contribution < 1.29 is 22.4 Å². The first-order valence-corrected chi connectivity index (χ1v) is 10.4. The number of carbonyl (C=O) groups is 1. The molecule has 1 fully saturated rings. The van der Waals surface area contributed by atoms with Gasteiger partial charge in [0.1, 0.15) is 5.82 Å². The van der Waals surface area contributed by atoms with Gasteiger partial charge in [-0.2, -0.15) is 13.2 Å². The number of piperidine rings is 1. The molecule has 2 aromatic heterocycles. The molecule has 2 bridgehead atoms. The van der Waals surface area contributed by atoms with Crippen LogP contribution in [0.3, 0.4) is 0 Å². The molecule has 0 aliphatic carbocycles. The number of urea groups is 1. The molecule has 1 saturated heterocycles. The van der Waals surface area contributed by atoms with E-state index in [4.69, 9.17) is 0 Å². The van der Waals surface area contributed by atoms with Gasteiger partial charge in [-0.1, -0.05) is 12.1 Å². The summed E-state index contributed by atoms with van der Waals surface area (Å²) in [6, 6.07) is 8.87. The number of aromatic nitrogens is 2. The number of benzene rings is 1. The molecule has 6 nitrogen and oxygen atoms in total. The summed E-state index contributed by atoms with van der Waals surface area (Å²) < 4.78 is 53.1. The van der Waals surface area contributed by atoms with E-state index in [0.717, 1.165) is 49.5 Å². The lowest BCUT2D eigenvalue weighted by Crippen LogP contribution is -2.56. The molecular formula is C23H19F4N5O. The molecule has 3 aromatic rings. The summed E-state index contributed by atoms with van der Waals surface area (Å²) in [5.41, 5.74) is 0.788. The Morgan fingerprint density at radius 2 is 1.97 bits per heavy atom. The third-order valence-corrected chi connectivity index (χ3v) is 5.85. The van der Waals surface area contributed by atoms with Gasteiger partial charge in [0.2, 0.25) is 0 Å². The van der Waals surface area contributed by atoms with Gasteiger partial charge in [-0.15, -0.1) is 0 Å². The molecule has 170 valence electrons. The van der Waals surface area contributed by atoms with Crippen LogP contribution in [0.25, 0.3) is 11.3 Å². The summed E-state index contributed by atoms with van der Waals surface area (Å²) in [6.45, 7) is 1.42. The Bertz CT molecular complexity index is 1220. The van der Waals surface area contributed by atoms with E-state index in [9.17, 15) is 22.4 Å². The largest absolute Gasteiger partial charge is 0.416 e. The minimum absolute atomic E-state index is 0.169. The number of hydrogen-bond donors (Lipinski definition) is 1. The molecule has 1 N–H and O–H groups in total. The fraction of sp³-hybridized carbons (Fsp3) is 0.261. The molecule has 0 spiro atoms. The second kappa shape index (κ2) is 8.02. The zero-order valence-electron chi connectivity index (χ0n) is 17.3. The minimum Gasteiger partial charge on any atom is -0.366 e. The van der Waals surface area contributed by atoms with Crippen molar-refractivity contribution in [2.24, 2.45) is 0 Å². The average molecular weight is 457 g/mol. The fourth-order valence-electron chi connectivity index (χ4n) is 4.36. The second-order valence-electron chi connectivity index (χ2n) is 8.05. The highest BCUT2D eigenvalue weighted by Crippen LogP contribution is 2.40. The maximum atomic E-state index is 13.5. The van der Waals surface area contributed by atoms with E-state index in [1.54, 1.807) is 18.2 Å². The first-order valence-electron chi connectivity index (χ1n) is 10.4. The van der Waals surface area contributed by atoms with E-state index < -0.39 is 23.6 Å². The van der Waals surface area contributed by atoms with Crippen molar-refractivity contribution in [2.45, 2.75) is 25.1 Å². The number of nitrogens with one attached hydrogen (secondary N) is 1. The Labute approximate surface area is 186 Å². The number of halogens is 4. The highest BCUT2D eigenvalue weighted by Gasteiger charge is 2.38. The number of rotatable bonds is 2. The van der Waals surface area contributed by atoms with Gasteiger partial charge in [0.15, 0.2) is 5.82 Å². The monoisotopic (exact) mass is 457 g/mol. The lowest BCUT2D eigenvalue weighted by atomic mass is 9.99. The number of alkyl halides is 3. The number of nitrogens with zero attached hydrogens (tertiary/aromatic N) is 4. The molecule has 10 heteroatoms. The highest BCUT2D eigenvalue weighted by molar-refractivity contribution is 6.04. The number of pyridine rings is 2. The van der Waals surface area contributed by atoms with Crippen LogP contribution in [0.5, 0.6) is 0 Å². The third-order valence-electron chi connectivity index (χ3n) is 5.85. The van der Waals surface area contributed by atoms with Crippen molar-refractivity contribution in [2.75, 3.05) is 28.2 Å². The van der Waals surface area contributed by atoms with Crippen LogP contribution in [0, 0.1) is 5.82 Å². The van der Waals surface area contributed by atoms with Gasteiger partial charge < -0.3 is 10.2 Å². The van der Waals surface area contributed by atoms with Crippen molar-refractivity contribution in [3.8, 4) is 11.3 Å². The molecule has 0 saturated carbocycles. The number of amides is 2. The SMILES string of the molecule is O=C(Nc1cncc(F)c1)N1c2nc(-c3cccc(C(F)(F)F)c3)ccc2N2CCC[C@@H]1C2. The summed E-state index contributed by atoms with van der Waals surface area (Å²) in [4.78, 5) is 25.2. The molecule has 2 aliphatic rings. The van der Waals surface area contributed by atoms with Crippen LogP contribution in [0.15, 0.2) is 54.9 Å². The summed E-state index contributed by atoms with van der Waals surface area (Å²) >= 11 is 0. The zero-order valence-corrected chi connectivity index (χ0v) is 17.3. The average Bonchev–Trinajstić information content (AvgIpc) is 2.78. The maximum absolute atomic E-state index is 13.5. The lowest BCUT2D eigenvalue weighted by molar-refractivity contribution is -0.137. The van der Waals surface area contributed by atoms with Crippen LogP contribution in [0.2, 0.25) is 0 Å². The predicted octanol–water partition coefficient (Wildman–Crippen LogP) is 5.32. The third kappa shape index (κ3) is 4.08. The van der Waals surface area contributed by atoms with Crippen LogP contribution in [-0.2, 0) is 6.18 Å². The molecule has 33 heavy (non-hydrogen) atoms. The Morgan fingerprint density at radius 1 is 1.12 bits per heavy atom. The normalized spacial score (nSPS) is 17.5. The predicted molar refractivity (Wildman–Crippen MR) is 116 cm³/mol. The summed E-state index contributed by atoms with van der Waals surface area (Å²) in [5.74, 6) is -0.219. The van der Waals surface area contributed by atoms with Crippen LogP contribution in [-0.4, -0.2) is 35.1 Å². The van der Waals surface area contributed by atoms with E-state index in [1.807, 2.05) is 0 Å². The van der Waals surface area contributed by atoms with Gasteiger partial charge in [-0.3, -0.25) is 9.88 Å². The Morgan fingerprint density at radius 3 is 2.76 bits per heavy atom. The molecule has 0 unspecified atom stereocenters. The first kappa shape index (κ1) is 21.2.